The topological polar surface area (TPSA) is 0 Å². The highest BCUT2D eigenvalue weighted by Crippen LogP contribution is 2.60. The van der Waals surface area contributed by atoms with Gasteiger partial charge in [-0.05, 0) is 47.9 Å². The zero-order valence-electron chi connectivity index (χ0n) is 16.5. The lowest BCUT2D eigenvalue weighted by molar-refractivity contribution is 0.214. The van der Waals surface area contributed by atoms with Crippen LogP contribution in [-0.4, -0.2) is 0 Å². The van der Waals surface area contributed by atoms with Crippen LogP contribution in [-0.2, 0) is 0 Å². The Kier molecular flexibility index (Phi) is 4.39. The highest BCUT2D eigenvalue weighted by atomic mass is 14.5. The van der Waals surface area contributed by atoms with Crippen molar-refractivity contribution < 1.29 is 0 Å². The second-order valence-electron chi connectivity index (χ2n) is 8.51. The van der Waals surface area contributed by atoms with Crippen molar-refractivity contribution in [2.45, 2.75) is 58.8 Å². The zero-order valence-corrected chi connectivity index (χ0v) is 16.5. The van der Waals surface area contributed by atoms with Crippen LogP contribution in [0.4, 0.5) is 0 Å². The van der Waals surface area contributed by atoms with Crippen LogP contribution in [0.25, 0.3) is 12.2 Å². The van der Waals surface area contributed by atoms with Crippen LogP contribution >= 0.6 is 0 Å². The molecule has 0 aliphatic heterocycles. The van der Waals surface area contributed by atoms with E-state index < -0.39 is 0 Å². The van der Waals surface area contributed by atoms with Crippen LogP contribution in [0.15, 0.2) is 59.7 Å². The fourth-order valence-electron chi connectivity index (χ4n) is 5.72. The monoisotopic (exact) mass is 342 g/mol. The summed E-state index contributed by atoms with van der Waals surface area (Å²) >= 11 is 0. The Bertz CT molecular complexity index is 813. The molecule has 2 aliphatic rings. The summed E-state index contributed by atoms with van der Waals surface area (Å²) in [5, 5.41) is 0. The summed E-state index contributed by atoms with van der Waals surface area (Å²) in [7, 11) is 0. The van der Waals surface area contributed by atoms with Gasteiger partial charge in [0.1, 0.15) is 0 Å². The van der Waals surface area contributed by atoms with Crippen LogP contribution in [0.2, 0.25) is 0 Å². The lowest BCUT2D eigenvalue weighted by Crippen LogP contribution is -2.33. The second kappa shape index (κ2) is 6.58. The van der Waals surface area contributed by atoms with E-state index >= 15 is 0 Å². The SMILES string of the molecule is CCCCC(C)(C1C(C)=Cc2ccccc21)C1C(C)=Cc2ccccc21. The Morgan fingerprint density at radius 3 is 1.69 bits per heavy atom. The van der Waals surface area contributed by atoms with Gasteiger partial charge in [-0.25, -0.2) is 0 Å². The third kappa shape index (κ3) is 2.58. The number of rotatable bonds is 5. The number of allylic oxidation sites excluding steroid dienone is 2. The van der Waals surface area contributed by atoms with Crippen molar-refractivity contribution in [3.05, 3.63) is 81.9 Å². The maximum Gasteiger partial charge on any atom is 0.0117 e. The average Bonchev–Trinajstić information content (AvgIpc) is 3.15. The molecule has 0 N–H and O–H groups in total. The molecule has 0 fully saturated rings. The van der Waals surface area contributed by atoms with E-state index in [0.717, 1.165) is 0 Å². The van der Waals surface area contributed by atoms with Gasteiger partial charge in [-0.3, -0.25) is 0 Å². The highest BCUT2D eigenvalue weighted by Gasteiger charge is 2.47. The predicted octanol–water partition coefficient (Wildman–Crippen LogP) is 7.58. The van der Waals surface area contributed by atoms with Crippen molar-refractivity contribution in [3.8, 4) is 0 Å². The van der Waals surface area contributed by atoms with Crippen LogP contribution in [0.5, 0.6) is 0 Å². The molecule has 2 atom stereocenters. The second-order valence-corrected chi connectivity index (χ2v) is 8.51. The van der Waals surface area contributed by atoms with Crippen LogP contribution in [0.3, 0.4) is 0 Å². The third-order valence-electron chi connectivity index (χ3n) is 6.68. The van der Waals surface area contributed by atoms with Gasteiger partial charge in [0.05, 0.1) is 0 Å². The van der Waals surface area contributed by atoms with E-state index in [4.69, 9.17) is 0 Å². The quantitative estimate of drug-likeness (QED) is 0.525. The lowest BCUT2D eigenvalue weighted by atomic mass is 9.59. The standard InChI is InChI=1S/C26H30/c1-5-6-15-26(4,24-18(2)16-20-11-7-9-13-22(20)24)25-19(3)17-21-12-8-10-14-23(21)25/h7-14,16-17,24-25H,5-6,15H2,1-4H3. The number of benzene rings is 2. The van der Waals surface area contributed by atoms with Crippen molar-refractivity contribution in [1.29, 1.82) is 0 Å². The smallest absolute Gasteiger partial charge is 0.0117 e. The van der Waals surface area contributed by atoms with Crippen LogP contribution in [0, 0.1) is 5.41 Å². The molecule has 2 aliphatic carbocycles. The molecule has 2 aromatic rings. The fraction of sp³-hybridized carbons (Fsp3) is 0.385. The fourth-order valence-corrected chi connectivity index (χ4v) is 5.72. The van der Waals surface area contributed by atoms with Gasteiger partial charge in [0, 0.05) is 11.8 Å². The molecule has 0 heterocycles. The summed E-state index contributed by atoms with van der Waals surface area (Å²) in [6, 6.07) is 18.0. The van der Waals surface area contributed by atoms with Crippen molar-refractivity contribution in [1.82, 2.24) is 0 Å². The molecule has 0 nitrogen and oxygen atoms in total. The Morgan fingerprint density at radius 2 is 1.23 bits per heavy atom. The molecule has 0 bridgehead atoms. The minimum Gasteiger partial charge on any atom is -0.0654 e. The average molecular weight is 343 g/mol. The summed E-state index contributed by atoms with van der Waals surface area (Å²) < 4.78 is 0. The summed E-state index contributed by atoms with van der Waals surface area (Å²) in [6.45, 7) is 9.55. The molecule has 0 radical (unpaired) electrons. The third-order valence-corrected chi connectivity index (χ3v) is 6.68. The summed E-state index contributed by atoms with van der Waals surface area (Å²) in [6.07, 6.45) is 8.64. The van der Waals surface area contributed by atoms with Gasteiger partial charge in [0.25, 0.3) is 0 Å². The van der Waals surface area contributed by atoms with Crippen LogP contribution < -0.4 is 0 Å². The molecular formula is C26H30. The van der Waals surface area contributed by atoms with E-state index in [1.807, 2.05) is 0 Å². The first kappa shape index (κ1) is 17.3. The van der Waals surface area contributed by atoms with Gasteiger partial charge in [0.2, 0.25) is 0 Å². The van der Waals surface area contributed by atoms with Gasteiger partial charge in [0.15, 0.2) is 0 Å². The number of fused-ring (bicyclic) bond motifs is 2. The maximum absolute atomic E-state index is 2.55. The predicted molar refractivity (Wildman–Crippen MR) is 113 cm³/mol. The molecule has 134 valence electrons. The van der Waals surface area contributed by atoms with Crippen molar-refractivity contribution in [2.75, 3.05) is 0 Å². The highest BCUT2D eigenvalue weighted by molar-refractivity contribution is 5.70. The summed E-state index contributed by atoms with van der Waals surface area (Å²) in [4.78, 5) is 0. The largest absolute Gasteiger partial charge is 0.0654 e. The Balaban J connectivity index is 1.86. The van der Waals surface area contributed by atoms with E-state index in [0.29, 0.717) is 11.8 Å². The van der Waals surface area contributed by atoms with E-state index in [1.165, 1.54) is 52.7 Å². The van der Waals surface area contributed by atoms with Gasteiger partial charge < -0.3 is 0 Å². The molecule has 26 heavy (non-hydrogen) atoms. The van der Waals surface area contributed by atoms with E-state index in [-0.39, 0.29) is 5.41 Å². The van der Waals surface area contributed by atoms with Gasteiger partial charge in [-0.2, -0.15) is 0 Å². The van der Waals surface area contributed by atoms with E-state index in [1.54, 1.807) is 0 Å². The first-order valence-electron chi connectivity index (χ1n) is 10.1. The first-order valence-corrected chi connectivity index (χ1v) is 10.1. The Labute approximate surface area is 158 Å². The molecule has 0 aromatic heterocycles. The minimum atomic E-state index is 0.205. The van der Waals surface area contributed by atoms with Gasteiger partial charge in [-0.15, -0.1) is 0 Å². The minimum absolute atomic E-state index is 0.205. The number of hydrogen-bond donors (Lipinski definition) is 0. The summed E-state index contributed by atoms with van der Waals surface area (Å²) in [5.74, 6) is 1.01. The van der Waals surface area contributed by atoms with E-state index in [2.05, 4.69) is 88.4 Å². The van der Waals surface area contributed by atoms with E-state index in [9.17, 15) is 0 Å². The molecule has 0 heteroatoms. The van der Waals surface area contributed by atoms with Gasteiger partial charge in [-0.1, -0.05) is 98.5 Å². The maximum atomic E-state index is 2.55. The van der Waals surface area contributed by atoms with Gasteiger partial charge >= 0.3 is 0 Å². The Morgan fingerprint density at radius 1 is 0.769 bits per heavy atom. The van der Waals surface area contributed by atoms with Crippen molar-refractivity contribution in [3.63, 3.8) is 0 Å². The van der Waals surface area contributed by atoms with Crippen molar-refractivity contribution in [2.24, 2.45) is 5.41 Å². The number of hydrogen-bond acceptors (Lipinski definition) is 0. The molecule has 4 rings (SSSR count). The molecule has 0 spiro atoms. The first-order chi connectivity index (χ1) is 12.6. The number of unbranched alkanes of at least 4 members (excludes halogenated alkanes) is 1. The van der Waals surface area contributed by atoms with Crippen LogP contribution in [0.1, 0.15) is 81.0 Å². The molecular weight excluding hydrogens is 312 g/mol. The zero-order chi connectivity index (χ0) is 18.3. The summed E-state index contributed by atoms with van der Waals surface area (Å²) in [5.41, 5.74) is 9.16. The molecule has 0 saturated heterocycles. The van der Waals surface area contributed by atoms with Crippen molar-refractivity contribution >= 4 is 12.2 Å². The molecule has 2 aromatic carbocycles. The Hall–Kier alpha value is -2.08. The normalized spacial score (nSPS) is 23.1. The lowest BCUT2D eigenvalue weighted by Gasteiger charge is -2.44. The molecule has 2 unspecified atom stereocenters. The molecule has 0 amide bonds. The molecule has 0 saturated carbocycles.